The Kier molecular flexibility index (Phi) is 4.68. The zero-order valence-corrected chi connectivity index (χ0v) is 11.9. The molecule has 0 fully saturated rings. The number of hydrogen-bond acceptors (Lipinski definition) is 3. The fraction of sp³-hybridized carbons (Fsp3) is 0.214. The van der Waals surface area contributed by atoms with Gasteiger partial charge in [0.25, 0.3) is 5.56 Å². The van der Waals surface area contributed by atoms with Crippen LogP contribution in [0.1, 0.15) is 24.2 Å². The molecular formula is C14H13F3N4O2. The number of pyridine rings is 2. The van der Waals surface area contributed by atoms with Crippen molar-refractivity contribution in [3.63, 3.8) is 0 Å². The molecule has 0 spiro atoms. The SMILES string of the molecule is CC(NC(=O)Nc1cc(C(F)(F)F)c[nH]c1=O)c1ccccn1. The number of rotatable bonds is 3. The number of anilines is 1. The maximum Gasteiger partial charge on any atom is 0.417 e. The van der Waals surface area contributed by atoms with E-state index >= 15 is 0 Å². The largest absolute Gasteiger partial charge is 0.417 e. The summed E-state index contributed by atoms with van der Waals surface area (Å²) >= 11 is 0. The summed E-state index contributed by atoms with van der Waals surface area (Å²) < 4.78 is 37.8. The average molecular weight is 326 g/mol. The van der Waals surface area contributed by atoms with Crippen LogP contribution in [0, 0.1) is 0 Å². The Hall–Kier alpha value is -2.84. The maximum atomic E-state index is 12.6. The molecule has 1 atom stereocenters. The van der Waals surface area contributed by atoms with Gasteiger partial charge in [0.15, 0.2) is 0 Å². The van der Waals surface area contributed by atoms with Crippen LogP contribution < -0.4 is 16.2 Å². The van der Waals surface area contributed by atoms with Gasteiger partial charge in [0, 0.05) is 12.4 Å². The summed E-state index contributed by atoms with van der Waals surface area (Å²) in [4.78, 5) is 29.3. The van der Waals surface area contributed by atoms with Crippen molar-refractivity contribution in [3.05, 3.63) is 58.3 Å². The number of halogens is 3. The number of alkyl halides is 3. The normalized spacial score (nSPS) is 12.5. The second kappa shape index (κ2) is 6.51. The van der Waals surface area contributed by atoms with Gasteiger partial charge < -0.3 is 15.6 Å². The predicted octanol–water partition coefficient (Wildman–Crippen LogP) is 2.67. The monoisotopic (exact) mass is 326 g/mol. The summed E-state index contributed by atoms with van der Waals surface area (Å²) in [6.07, 6.45) is -2.54. The lowest BCUT2D eigenvalue weighted by Gasteiger charge is -2.14. The highest BCUT2D eigenvalue weighted by Gasteiger charge is 2.31. The molecule has 2 aromatic heterocycles. The zero-order valence-electron chi connectivity index (χ0n) is 11.9. The summed E-state index contributed by atoms with van der Waals surface area (Å²) in [6.45, 7) is 1.65. The van der Waals surface area contributed by atoms with Crippen molar-refractivity contribution >= 4 is 11.7 Å². The summed E-state index contributed by atoms with van der Waals surface area (Å²) in [6, 6.07) is 4.40. The first-order valence-electron chi connectivity index (χ1n) is 6.56. The van der Waals surface area contributed by atoms with E-state index in [2.05, 4.69) is 15.6 Å². The minimum atomic E-state index is -4.63. The third-order valence-corrected chi connectivity index (χ3v) is 2.96. The highest BCUT2D eigenvalue weighted by Crippen LogP contribution is 2.29. The first-order chi connectivity index (χ1) is 10.8. The smallest absolute Gasteiger partial charge is 0.330 e. The van der Waals surface area contributed by atoms with Crippen LogP contribution in [0.25, 0.3) is 0 Å². The Morgan fingerprint density at radius 1 is 1.35 bits per heavy atom. The van der Waals surface area contributed by atoms with Crippen molar-refractivity contribution in [1.29, 1.82) is 0 Å². The van der Waals surface area contributed by atoms with Gasteiger partial charge in [-0.05, 0) is 25.1 Å². The molecule has 0 aliphatic carbocycles. The van der Waals surface area contributed by atoms with Crippen LogP contribution in [0.5, 0.6) is 0 Å². The van der Waals surface area contributed by atoms with Gasteiger partial charge in [0.1, 0.15) is 5.69 Å². The molecule has 122 valence electrons. The molecule has 9 heteroatoms. The van der Waals surface area contributed by atoms with E-state index < -0.39 is 35.1 Å². The third kappa shape index (κ3) is 4.31. The second-order valence-electron chi connectivity index (χ2n) is 4.70. The van der Waals surface area contributed by atoms with E-state index in [0.717, 1.165) is 0 Å². The first-order valence-corrected chi connectivity index (χ1v) is 6.56. The lowest BCUT2D eigenvalue weighted by Crippen LogP contribution is -2.33. The van der Waals surface area contributed by atoms with E-state index in [1.807, 2.05) is 4.98 Å². The fourth-order valence-electron chi connectivity index (χ4n) is 1.80. The number of hydrogen-bond donors (Lipinski definition) is 3. The molecule has 2 aromatic rings. The quantitative estimate of drug-likeness (QED) is 0.810. The summed E-state index contributed by atoms with van der Waals surface area (Å²) in [5.74, 6) is 0. The molecule has 0 aliphatic rings. The van der Waals surface area contributed by atoms with Crippen LogP contribution in [-0.2, 0) is 6.18 Å². The van der Waals surface area contributed by atoms with Crippen molar-refractivity contribution in [2.45, 2.75) is 19.1 Å². The number of nitrogens with zero attached hydrogens (tertiary/aromatic N) is 1. The number of carbonyl (C=O) groups excluding carboxylic acids is 1. The first kappa shape index (κ1) is 16.5. The average Bonchev–Trinajstić information content (AvgIpc) is 2.49. The number of amides is 2. The molecule has 0 saturated carbocycles. The number of urea groups is 1. The molecule has 3 N–H and O–H groups in total. The molecule has 2 rings (SSSR count). The van der Waals surface area contributed by atoms with Crippen LogP contribution in [0.4, 0.5) is 23.7 Å². The van der Waals surface area contributed by atoms with E-state index in [4.69, 9.17) is 0 Å². The molecule has 2 heterocycles. The molecule has 6 nitrogen and oxygen atoms in total. The predicted molar refractivity (Wildman–Crippen MR) is 76.9 cm³/mol. The number of aromatic amines is 1. The molecular weight excluding hydrogens is 313 g/mol. The van der Waals surface area contributed by atoms with Gasteiger partial charge in [-0.15, -0.1) is 0 Å². The lowest BCUT2D eigenvalue weighted by atomic mass is 10.2. The molecule has 0 bridgehead atoms. The minimum Gasteiger partial charge on any atom is -0.330 e. The van der Waals surface area contributed by atoms with Crippen LogP contribution in [0.2, 0.25) is 0 Å². The zero-order chi connectivity index (χ0) is 17.0. The van der Waals surface area contributed by atoms with Gasteiger partial charge in [-0.25, -0.2) is 4.79 Å². The van der Waals surface area contributed by atoms with Crippen LogP contribution in [-0.4, -0.2) is 16.0 Å². The van der Waals surface area contributed by atoms with E-state index in [-0.39, 0.29) is 0 Å². The third-order valence-electron chi connectivity index (χ3n) is 2.96. The van der Waals surface area contributed by atoms with Gasteiger partial charge in [-0.2, -0.15) is 13.2 Å². The Bertz CT molecular complexity index is 744. The van der Waals surface area contributed by atoms with E-state index in [0.29, 0.717) is 18.0 Å². The Balaban J connectivity index is 2.10. The summed E-state index contributed by atoms with van der Waals surface area (Å²) in [5.41, 5.74) is -1.82. The molecule has 1 unspecified atom stereocenters. The number of H-pyrrole nitrogens is 1. The van der Waals surface area contributed by atoms with Crippen molar-refractivity contribution in [3.8, 4) is 0 Å². The van der Waals surface area contributed by atoms with Crippen LogP contribution >= 0.6 is 0 Å². The Morgan fingerprint density at radius 2 is 2.09 bits per heavy atom. The molecule has 0 aliphatic heterocycles. The highest BCUT2D eigenvalue weighted by atomic mass is 19.4. The lowest BCUT2D eigenvalue weighted by molar-refractivity contribution is -0.137. The van der Waals surface area contributed by atoms with Gasteiger partial charge >= 0.3 is 12.2 Å². The number of carbonyl (C=O) groups is 1. The van der Waals surface area contributed by atoms with Gasteiger partial charge in [0.2, 0.25) is 0 Å². The van der Waals surface area contributed by atoms with Crippen molar-refractivity contribution in [2.75, 3.05) is 5.32 Å². The van der Waals surface area contributed by atoms with Crippen LogP contribution in [0.3, 0.4) is 0 Å². The standard InChI is InChI=1S/C14H13F3N4O2/c1-8(10-4-2-3-5-18-10)20-13(23)21-11-6-9(14(15,16)17)7-19-12(11)22/h2-8H,1H3,(H,19,22)(H2,20,21,23). The summed E-state index contributed by atoms with van der Waals surface area (Å²) in [7, 11) is 0. The fourth-order valence-corrected chi connectivity index (χ4v) is 1.80. The van der Waals surface area contributed by atoms with E-state index in [1.165, 1.54) is 0 Å². The summed E-state index contributed by atoms with van der Waals surface area (Å²) in [5, 5.41) is 4.59. The van der Waals surface area contributed by atoms with Gasteiger partial charge in [-0.1, -0.05) is 6.07 Å². The van der Waals surface area contributed by atoms with E-state index in [9.17, 15) is 22.8 Å². The molecule has 0 saturated heterocycles. The van der Waals surface area contributed by atoms with Crippen molar-refractivity contribution < 1.29 is 18.0 Å². The highest BCUT2D eigenvalue weighted by molar-refractivity contribution is 5.89. The van der Waals surface area contributed by atoms with Crippen LogP contribution in [0.15, 0.2) is 41.5 Å². The van der Waals surface area contributed by atoms with Gasteiger partial charge in [0.05, 0.1) is 17.3 Å². The molecule has 0 aromatic carbocycles. The minimum absolute atomic E-state index is 0.485. The molecule has 23 heavy (non-hydrogen) atoms. The molecule has 0 radical (unpaired) electrons. The molecule has 2 amide bonds. The number of aromatic nitrogens is 2. The Morgan fingerprint density at radius 3 is 2.70 bits per heavy atom. The van der Waals surface area contributed by atoms with Gasteiger partial charge in [-0.3, -0.25) is 9.78 Å². The van der Waals surface area contributed by atoms with E-state index in [1.54, 1.807) is 31.3 Å². The van der Waals surface area contributed by atoms with Crippen molar-refractivity contribution in [1.82, 2.24) is 15.3 Å². The topological polar surface area (TPSA) is 86.9 Å². The Labute approximate surface area is 128 Å². The maximum absolute atomic E-state index is 12.6. The number of nitrogens with one attached hydrogen (secondary N) is 3. The van der Waals surface area contributed by atoms with Crippen molar-refractivity contribution in [2.24, 2.45) is 0 Å². The second-order valence-corrected chi connectivity index (χ2v) is 4.70.